The van der Waals surface area contributed by atoms with Crippen LogP contribution in [0.1, 0.15) is 31.1 Å². The fourth-order valence-electron chi connectivity index (χ4n) is 3.93. The van der Waals surface area contributed by atoms with E-state index in [9.17, 15) is 32.3 Å². The van der Waals surface area contributed by atoms with Crippen LogP contribution < -0.4 is 16.6 Å². The number of anilines is 1. The Balaban J connectivity index is 1.66. The van der Waals surface area contributed by atoms with Crippen LogP contribution in [0.4, 0.5) is 19.0 Å². The molecule has 14 heteroatoms. The number of nitrogens with one attached hydrogen (secondary N) is 1. The summed E-state index contributed by atoms with van der Waals surface area (Å²) in [6.07, 6.45) is -2.10. The maximum Gasteiger partial charge on any atom is 0.418 e. The predicted octanol–water partition coefficient (Wildman–Crippen LogP) is 2.47. The number of hydrogen-bond acceptors (Lipinski definition) is 7. The summed E-state index contributed by atoms with van der Waals surface area (Å²) >= 11 is 0. The van der Waals surface area contributed by atoms with Gasteiger partial charge in [-0.3, -0.25) is 28.5 Å². The summed E-state index contributed by atoms with van der Waals surface area (Å²) in [5, 5.41) is 2.58. The van der Waals surface area contributed by atoms with Crippen LogP contribution >= 0.6 is 0 Å². The van der Waals surface area contributed by atoms with Crippen molar-refractivity contribution in [1.29, 1.82) is 0 Å². The molecule has 0 saturated heterocycles. The van der Waals surface area contributed by atoms with E-state index in [2.05, 4.69) is 20.3 Å². The van der Waals surface area contributed by atoms with Crippen LogP contribution in [0.3, 0.4) is 0 Å². The molecule has 38 heavy (non-hydrogen) atoms. The van der Waals surface area contributed by atoms with Crippen molar-refractivity contribution in [3.05, 3.63) is 68.9 Å². The number of amides is 1. The second kappa shape index (κ2) is 9.68. The van der Waals surface area contributed by atoms with Crippen molar-refractivity contribution in [2.45, 2.75) is 39.5 Å². The molecule has 0 aromatic carbocycles. The Morgan fingerprint density at radius 3 is 2.53 bits per heavy atom. The lowest BCUT2D eigenvalue weighted by molar-refractivity contribution is -0.138. The zero-order chi connectivity index (χ0) is 27.9. The van der Waals surface area contributed by atoms with Crippen LogP contribution in [0.5, 0.6) is 0 Å². The Morgan fingerprint density at radius 2 is 1.87 bits per heavy atom. The van der Waals surface area contributed by atoms with Crippen LogP contribution in [0.2, 0.25) is 0 Å². The lowest BCUT2D eigenvalue weighted by atomic mass is 10.1. The van der Waals surface area contributed by atoms with E-state index in [0.29, 0.717) is 0 Å². The van der Waals surface area contributed by atoms with E-state index in [1.165, 1.54) is 63.1 Å². The highest BCUT2D eigenvalue weighted by Gasteiger charge is 2.33. The van der Waals surface area contributed by atoms with Gasteiger partial charge in [0.2, 0.25) is 5.91 Å². The molecule has 4 heterocycles. The minimum Gasteiger partial charge on any atom is -0.312 e. The van der Waals surface area contributed by atoms with E-state index in [4.69, 9.17) is 0 Å². The first-order chi connectivity index (χ1) is 17.8. The van der Waals surface area contributed by atoms with Crippen molar-refractivity contribution in [3.63, 3.8) is 0 Å². The Hall–Kier alpha value is -4.62. The van der Waals surface area contributed by atoms with Crippen molar-refractivity contribution in [1.82, 2.24) is 28.7 Å². The third-order valence-electron chi connectivity index (χ3n) is 5.92. The zero-order valence-corrected chi connectivity index (χ0v) is 20.7. The van der Waals surface area contributed by atoms with Crippen LogP contribution in [0, 0.1) is 6.92 Å². The molecule has 1 atom stereocenters. The highest BCUT2D eigenvalue weighted by atomic mass is 19.4. The monoisotopic (exact) mass is 529 g/mol. The molecule has 4 aromatic heterocycles. The second-order valence-corrected chi connectivity index (χ2v) is 8.69. The van der Waals surface area contributed by atoms with E-state index in [1.54, 1.807) is 0 Å². The van der Waals surface area contributed by atoms with E-state index < -0.39 is 47.3 Å². The highest BCUT2D eigenvalue weighted by Crippen LogP contribution is 2.33. The number of alkyl halides is 3. The Labute approximate surface area is 212 Å². The van der Waals surface area contributed by atoms with Gasteiger partial charge >= 0.3 is 11.9 Å². The maximum absolute atomic E-state index is 13.3. The normalized spacial score (nSPS) is 12.5. The molecule has 0 unspecified atom stereocenters. The maximum atomic E-state index is 13.3. The number of imidazole rings is 1. The van der Waals surface area contributed by atoms with Crippen LogP contribution in [-0.4, -0.2) is 40.3 Å². The van der Waals surface area contributed by atoms with Gasteiger partial charge in [-0.2, -0.15) is 13.2 Å². The summed E-state index contributed by atoms with van der Waals surface area (Å²) in [7, 11) is 1.39. The molecule has 0 spiro atoms. The number of fused-ring (bicyclic) bond motifs is 1. The third-order valence-corrected chi connectivity index (χ3v) is 5.92. The minimum absolute atomic E-state index is 0.0342. The van der Waals surface area contributed by atoms with Gasteiger partial charge in [0.25, 0.3) is 5.56 Å². The van der Waals surface area contributed by atoms with Crippen molar-refractivity contribution in [2.75, 3.05) is 5.32 Å². The summed E-state index contributed by atoms with van der Waals surface area (Å²) in [5.41, 5.74) is -2.31. The van der Waals surface area contributed by atoms with Crippen molar-refractivity contribution in [2.24, 2.45) is 7.05 Å². The van der Waals surface area contributed by atoms with Gasteiger partial charge in [0.15, 0.2) is 11.2 Å². The van der Waals surface area contributed by atoms with Crippen molar-refractivity contribution in [3.8, 4) is 11.3 Å². The lowest BCUT2D eigenvalue weighted by Crippen LogP contribution is -2.41. The van der Waals surface area contributed by atoms with E-state index in [1.807, 2.05) is 0 Å². The first-order valence-corrected chi connectivity index (χ1v) is 11.3. The fraction of sp³-hybridized carbons (Fsp3) is 0.292. The smallest absolute Gasteiger partial charge is 0.312 e. The molecular weight excluding hydrogens is 507 g/mol. The van der Waals surface area contributed by atoms with Gasteiger partial charge < -0.3 is 9.88 Å². The summed E-state index contributed by atoms with van der Waals surface area (Å²) < 4.78 is 43.1. The molecule has 0 aliphatic carbocycles. The molecule has 0 aliphatic rings. The topological polar surface area (TPSA) is 134 Å². The molecular formula is C24H22F3N7O4. The first-order valence-electron chi connectivity index (χ1n) is 11.3. The van der Waals surface area contributed by atoms with Crippen LogP contribution in [0.15, 0.2) is 46.4 Å². The number of carbonyl (C=O) groups is 2. The molecule has 0 saturated carbocycles. The number of ketones is 1. The average Bonchev–Trinajstić information content (AvgIpc) is 3.30. The number of aryl methyl sites for hydroxylation is 2. The summed E-state index contributed by atoms with van der Waals surface area (Å²) in [6, 6.07) is 4.37. The molecule has 4 aromatic rings. The number of pyridine rings is 2. The van der Waals surface area contributed by atoms with Gasteiger partial charge in [0.05, 0.1) is 24.1 Å². The highest BCUT2D eigenvalue weighted by molar-refractivity contribution is 5.93. The number of carbonyl (C=O) groups excluding carboxylic acids is 2. The number of Topliss-reactive ketones (excluding diaryl/α,β-unsaturated/α-hetero) is 1. The van der Waals surface area contributed by atoms with Crippen molar-refractivity contribution >= 4 is 28.7 Å². The van der Waals surface area contributed by atoms with E-state index >= 15 is 0 Å². The minimum atomic E-state index is -4.59. The van der Waals surface area contributed by atoms with E-state index in [-0.39, 0.29) is 33.9 Å². The molecule has 11 nitrogen and oxygen atoms in total. The third kappa shape index (κ3) is 4.84. The number of halogens is 3. The molecule has 0 fully saturated rings. The Bertz CT molecular complexity index is 1700. The molecule has 198 valence electrons. The van der Waals surface area contributed by atoms with Gasteiger partial charge in [-0.05, 0) is 39.0 Å². The first kappa shape index (κ1) is 26.4. The summed E-state index contributed by atoms with van der Waals surface area (Å²) in [4.78, 5) is 62.3. The predicted molar refractivity (Wildman–Crippen MR) is 130 cm³/mol. The molecule has 4 rings (SSSR count). The van der Waals surface area contributed by atoms with Gasteiger partial charge in [0.1, 0.15) is 17.6 Å². The Morgan fingerprint density at radius 1 is 1.16 bits per heavy atom. The number of nitrogens with zero attached hydrogens (tertiary/aromatic N) is 6. The molecule has 1 N–H and O–H groups in total. The molecule has 0 bridgehead atoms. The van der Waals surface area contributed by atoms with Crippen LogP contribution in [-0.2, 0) is 29.4 Å². The number of rotatable bonds is 6. The van der Waals surface area contributed by atoms with Gasteiger partial charge in [-0.25, -0.2) is 14.8 Å². The van der Waals surface area contributed by atoms with Gasteiger partial charge in [-0.1, -0.05) is 6.07 Å². The second-order valence-electron chi connectivity index (χ2n) is 8.69. The standard InChI is InChI=1S/C24H22F3N7O4/c1-12(35)10-33-22(37)19-20(32(4)23(33)38)29-11-34(19)14(3)21(36)31-18-7-5-6-17(30-18)15-8-16(24(25,26)27)13(2)28-9-15/h5-9,11,14H,10H2,1-4H3,(H,30,31,36)/t14-/m0/s1. The Kier molecular flexibility index (Phi) is 6.74. The van der Waals surface area contributed by atoms with Crippen LogP contribution in [0.25, 0.3) is 22.4 Å². The summed E-state index contributed by atoms with van der Waals surface area (Å²) in [5.74, 6) is -0.963. The van der Waals surface area contributed by atoms with E-state index in [0.717, 1.165) is 15.2 Å². The van der Waals surface area contributed by atoms with Crippen molar-refractivity contribution < 1.29 is 22.8 Å². The number of aromatic nitrogens is 6. The van der Waals surface area contributed by atoms with Gasteiger partial charge in [0, 0.05) is 24.5 Å². The summed E-state index contributed by atoms with van der Waals surface area (Å²) in [6.45, 7) is 3.54. The molecule has 1 amide bonds. The average molecular weight is 529 g/mol. The SMILES string of the molecule is CC(=O)Cn1c(=O)c2c(ncn2[C@@H](C)C(=O)Nc2cccc(-c3cnc(C)c(C(F)(F)F)c3)n2)n(C)c1=O. The quantitative estimate of drug-likeness (QED) is 0.406. The largest absolute Gasteiger partial charge is 0.418 e. The molecule has 0 radical (unpaired) electrons. The zero-order valence-electron chi connectivity index (χ0n) is 20.7. The van der Waals surface area contributed by atoms with Gasteiger partial charge in [-0.15, -0.1) is 0 Å². The fourth-order valence-corrected chi connectivity index (χ4v) is 3.93. The lowest BCUT2D eigenvalue weighted by Gasteiger charge is -2.15. The molecule has 0 aliphatic heterocycles. The number of hydrogen-bond donors (Lipinski definition) is 1.